The molecule has 2 rings (SSSR count). The van der Waals surface area contributed by atoms with Gasteiger partial charge in [-0.2, -0.15) is 5.10 Å². The summed E-state index contributed by atoms with van der Waals surface area (Å²) < 4.78 is 2.02. The van der Waals surface area contributed by atoms with Crippen LogP contribution in [0.25, 0.3) is 0 Å². The van der Waals surface area contributed by atoms with E-state index in [4.69, 9.17) is 0 Å². The SMILES string of the molecule is CCC1(C)CN(Cc2ncnn2C(C)C)CCN1. The van der Waals surface area contributed by atoms with Crippen LogP contribution >= 0.6 is 0 Å². The fourth-order valence-corrected chi connectivity index (χ4v) is 2.53. The Kier molecular flexibility index (Phi) is 4.02. The molecule has 1 aromatic rings. The first-order chi connectivity index (χ1) is 8.54. The maximum absolute atomic E-state index is 4.39. The smallest absolute Gasteiger partial charge is 0.141 e. The Morgan fingerprint density at radius 2 is 2.28 bits per heavy atom. The van der Waals surface area contributed by atoms with E-state index in [1.165, 1.54) is 0 Å². The van der Waals surface area contributed by atoms with Gasteiger partial charge in [-0.3, -0.25) is 4.90 Å². The first-order valence-electron chi connectivity index (χ1n) is 6.90. The van der Waals surface area contributed by atoms with Crippen LogP contribution in [0, 0.1) is 0 Å². The summed E-state index contributed by atoms with van der Waals surface area (Å²) in [5, 5.41) is 7.91. The second-order valence-electron chi connectivity index (χ2n) is 5.77. The lowest BCUT2D eigenvalue weighted by molar-refractivity contribution is 0.129. The zero-order chi connectivity index (χ0) is 13.2. The summed E-state index contributed by atoms with van der Waals surface area (Å²) in [5.41, 5.74) is 0.237. The highest BCUT2D eigenvalue weighted by molar-refractivity contribution is 4.93. The summed E-state index contributed by atoms with van der Waals surface area (Å²) in [4.78, 5) is 6.87. The Morgan fingerprint density at radius 1 is 1.50 bits per heavy atom. The van der Waals surface area contributed by atoms with Crippen molar-refractivity contribution in [1.29, 1.82) is 0 Å². The molecule has 0 bridgehead atoms. The molecule has 5 heteroatoms. The van der Waals surface area contributed by atoms with Crippen molar-refractivity contribution in [3.05, 3.63) is 12.2 Å². The van der Waals surface area contributed by atoms with Gasteiger partial charge < -0.3 is 5.32 Å². The summed E-state index contributed by atoms with van der Waals surface area (Å²) >= 11 is 0. The predicted molar refractivity (Wildman–Crippen MR) is 72.4 cm³/mol. The lowest BCUT2D eigenvalue weighted by Gasteiger charge is -2.41. The first kappa shape index (κ1) is 13.5. The second kappa shape index (κ2) is 5.36. The van der Waals surface area contributed by atoms with Crippen LogP contribution in [0.1, 0.15) is 46.0 Å². The number of rotatable bonds is 4. The molecule has 1 unspecified atom stereocenters. The molecular formula is C13H25N5. The molecule has 1 atom stereocenters. The third-order valence-electron chi connectivity index (χ3n) is 3.83. The maximum Gasteiger partial charge on any atom is 0.141 e. The van der Waals surface area contributed by atoms with E-state index in [0.29, 0.717) is 6.04 Å². The van der Waals surface area contributed by atoms with E-state index in [9.17, 15) is 0 Å². The molecule has 5 nitrogen and oxygen atoms in total. The highest BCUT2D eigenvalue weighted by Crippen LogP contribution is 2.17. The van der Waals surface area contributed by atoms with Crippen LogP contribution in [0.5, 0.6) is 0 Å². The Hall–Kier alpha value is -0.940. The summed E-state index contributed by atoms with van der Waals surface area (Å²) in [6, 6.07) is 0.378. The van der Waals surface area contributed by atoms with Gasteiger partial charge in [0, 0.05) is 31.2 Å². The van der Waals surface area contributed by atoms with Gasteiger partial charge in [-0.25, -0.2) is 9.67 Å². The van der Waals surface area contributed by atoms with Gasteiger partial charge in [-0.05, 0) is 27.2 Å². The highest BCUT2D eigenvalue weighted by Gasteiger charge is 2.29. The monoisotopic (exact) mass is 251 g/mol. The van der Waals surface area contributed by atoms with Gasteiger partial charge in [-0.15, -0.1) is 0 Å². The van der Waals surface area contributed by atoms with Crippen LogP contribution < -0.4 is 5.32 Å². The van der Waals surface area contributed by atoms with Gasteiger partial charge in [0.15, 0.2) is 0 Å². The van der Waals surface area contributed by atoms with Crippen molar-refractivity contribution < 1.29 is 0 Å². The van der Waals surface area contributed by atoms with Gasteiger partial charge in [0.2, 0.25) is 0 Å². The molecule has 0 saturated carbocycles. The molecule has 18 heavy (non-hydrogen) atoms. The van der Waals surface area contributed by atoms with Crippen LogP contribution in [-0.4, -0.2) is 44.8 Å². The van der Waals surface area contributed by atoms with Gasteiger partial charge in [0.05, 0.1) is 6.54 Å². The molecule has 1 saturated heterocycles. The van der Waals surface area contributed by atoms with E-state index in [-0.39, 0.29) is 5.54 Å². The van der Waals surface area contributed by atoms with E-state index in [2.05, 4.69) is 48.0 Å². The quantitative estimate of drug-likeness (QED) is 0.879. The van der Waals surface area contributed by atoms with E-state index in [1.807, 2.05) is 4.68 Å². The van der Waals surface area contributed by atoms with E-state index in [0.717, 1.165) is 38.4 Å². The minimum Gasteiger partial charge on any atom is -0.309 e. The molecule has 2 heterocycles. The standard InChI is InChI=1S/C13H25N5/c1-5-13(4)9-17(7-6-15-13)8-12-14-10-16-18(12)11(2)3/h10-11,15H,5-9H2,1-4H3. The first-order valence-corrected chi connectivity index (χ1v) is 6.90. The van der Waals surface area contributed by atoms with Crippen LogP contribution in [0.4, 0.5) is 0 Å². The molecule has 0 radical (unpaired) electrons. The number of nitrogens with one attached hydrogen (secondary N) is 1. The Morgan fingerprint density at radius 3 is 2.94 bits per heavy atom. The number of aromatic nitrogens is 3. The van der Waals surface area contributed by atoms with Crippen LogP contribution in [0.2, 0.25) is 0 Å². The predicted octanol–water partition coefficient (Wildman–Crippen LogP) is 1.43. The summed E-state index contributed by atoms with van der Waals surface area (Å²) in [6.07, 6.45) is 2.82. The Bertz CT molecular complexity index is 386. The maximum atomic E-state index is 4.39. The fraction of sp³-hybridized carbons (Fsp3) is 0.846. The summed E-state index contributed by atoms with van der Waals surface area (Å²) in [6.45, 7) is 12.9. The van der Waals surface area contributed by atoms with Gasteiger partial charge >= 0.3 is 0 Å². The largest absolute Gasteiger partial charge is 0.309 e. The molecule has 0 amide bonds. The van der Waals surface area contributed by atoms with Crippen molar-refractivity contribution in [2.75, 3.05) is 19.6 Å². The molecule has 1 aromatic heterocycles. The molecule has 0 aliphatic carbocycles. The van der Waals surface area contributed by atoms with E-state index >= 15 is 0 Å². The molecule has 1 N–H and O–H groups in total. The summed E-state index contributed by atoms with van der Waals surface area (Å²) in [5.74, 6) is 1.07. The lowest BCUT2D eigenvalue weighted by Crippen LogP contribution is -2.58. The minimum absolute atomic E-state index is 0.237. The van der Waals surface area contributed by atoms with Crippen molar-refractivity contribution in [2.45, 2.75) is 52.2 Å². The third-order valence-corrected chi connectivity index (χ3v) is 3.83. The normalized spacial score (nSPS) is 25.8. The second-order valence-corrected chi connectivity index (χ2v) is 5.77. The molecule has 1 aliphatic heterocycles. The number of hydrogen-bond donors (Lipinski definition) is 1. The lowest BCUT2D eigenvalue weighted by atomic mass is 9.96. The number of nitrogens with zero attached hydrogens (tertiary/aromatic N) is 4. The molecule has 1 fully saturated rings. The van der Waals surface area contributed by atoms with Crippen molar-refractivity contribution in [3.63, 3.8) is 0 Å². The van der Waals surface area contributed by atoms with E-state index in [1.54, 1.807) is 6.33 Å². The van der Waals surface area contributed by atoms with Crippen molar-refractivity contribution >= 4 is 0 Å². The Labute approximate surface area is 110 Å². The van der Waals surface area contributed by atoms with Gasteiger partial charge in [-0.1, -0.05) is 6.92 Å². The van der Waals surface area contributed by atoms with E-state index < -0.39 is 0 Å². The van der Waals surface area contributed by atoms with Crippen molar-refractivity contribution in [2.24, 2.45) is 0 Å². The molecule has 102 valence electrons. The number of piperazine rings is 1. The average molecular weight is 251 g/mol. The van der Waals surface area contributed by atoms with Gasteiger partial charge in [0.25, 0.3) is 0 Å². The van der Waals surface area contributed by atoms with Crippen LogP contribution in [0.15, 0.2) is 6.33 Å². The third kappa shape index (κ3) is 2.90. The minimum atomic E-state index is 0.237. The zero-order valence-corrected chi connectivity index (χ0v) is 12.0. The topological polar surface area (TPSA) is 46.0 Å². The van der Waals surface area contributed by atoms with Crippen molar-refractivity contribution in [1.82, 2.24) is 25.0 Å². The number of hydrogen-bond acceptors (Lipinski definition) is 4. The van der Waals surface area contributed by atoms with Crippen LogP contribution in [0.3, 0.4) is 0 Å². The fourth-order valence-electron chi connectivity index (χ4n) is 2.53. The van der Waals surface area contributed by atoms with Crippen LogP contribution in [-0.2, 0) is 6.54 Å². The molecular weight excluding hydrogens is 226 g/mol. The zero-order valence-electron chi connectivity index (χ0n) is 12.0. The summed E-state index contributed by atoms with van der Waals surface area (Å²) in [7, 11) is 0. The molecule has 0 aromatic carbocycles. The van der Waals surface area contributed by atoms with Crippen molar-refractivity contribution in [3.8, 4) is 0 Å². The molecule has 1 aliphatic rings. The Balaban J connectivity index is 2.03. The highest BCUT2D eigenvalue weighted by atomic mass is 15.4. The van der Waals surface area contributed by atoms with Gasteiger partial charge in [0.1, 0.15) is 12.2 Å². The average Bonchev–Trinajstić information content (AvgIpc) is 2.77. The molecule has 0 spiro atoms.